The zero-order chi connectivity index (χ0) is 18.3. The predicted molar refractivity (Wildman–Crippen MR) is 102 cm³/mol. The molecule has 0 spiro atoms. The Bertz CT molecular complexity index is 1120. The van der Waals surface area contributed by atoms with E-state index in [1.54, 1.807) is 10.9 Å². The molecule has 0 saturated carbocycles. The fraction of sp³-hybridized carbons (Fsp3) is 0.150. The number of hydrogen-bond donors (Lipinski definition) is 0. The summed E-state index contributed by atoms with van der Waals surface area (Å²) >= 11 is 6.10. The summed E-state index contributed by atoms with van der Waals surface area (Å²) in [5.74, 6) is 1.27. The van der Waals surface area contributed by atoms with Gasteiger partial charge in [0.2, 0.25) is 5.88 Å². The molecule has 0 amide bonds. The highest BCUT2D eigenvalue weighted by molar-refractivity contribution is 6.30. The number of aryl methyl sites for hydroxylation is 2. The van der Waals surface area contributed by atoms with E-state index in [2.05, 4.69) is 28.1 Å². The standard InChI is InChI=1S/C20H17ClN4O/c1-12-7-13(2)14(3)18(8-12)26-20-17-10-24-25(19(17)22-11-23-20)16-6-4-5-15(21)9-16/h4-11H,1-3H3. The number of benzene rings is 2. The van der Waals surface area contributed by atoms with Crippen LogP contribution in [0.3, 0.4) is 0 Å². The van der Waals surface area contributed by atoms with Crippen LogP contribution in [0, 0.1) is 20.8 Å². The Labute approximate surface area is 156 Å². The maximum Gasteiger partial charge on any atom is 0.233 e. The lowest BCUT2D eigenvalue weighted by Crippen LogP contribution is -1.99. The molecule has 0 aliphatic rings. The first-order valence-corrected chi connectivity index (χ1v) is 8.61. The van der Waals surface area contributed by atoms with E-state index in [-0.39, 0.29) is 0 Å². The lowest BCUT2D eigenvalue weighted by Gasteiger charge is -2.11. The minimum Gasteiger partial charge on any atom is -0.438 e. The summed E-state index contributed by atoms with van der Waals surface area (Å²) in [5, 5.41) is 5.82. The Morgan fingerprint density at radius 1 is 1.04 bits per heavy atom. The van der Waals surface area contributed by atoms with Crippen LogP contribution in [-0.4, -0.2) is 19.7 Å². The summed E-state index contributed by atoms with van der Waals surface area (Å²) in [4.78, 5) is 8.69. The highest BCUT2D eigenvalue weighted by Gasteiger charge is 2.14. The van der Waals surface area contributed by atoms with Gasteiger partial charge in [-0.05, 0) is 61.7 Å². The van der Waals surface area contributed by atoms with Gasteiger partial charge in [-0.1, -0.05) is 23.7 Å². The molecule has 2 aromatic carbocycles. The van der Waals surface area contributed by atoms with E-state index in [1.165, 1.54) is 11.9 Å². The molecular formula is C20H17ClN4O. The second kappa shape index (κ2) is 6.42. The van der Waals surface area contributed by atoms with E-state index in [1.807, 2.05) is 44.2 Å². The van der Waals surface area contributed by atoms with Crippen LogP contribution in [-0.2, 0) is 0 Å². The minimum atomic E-state index is 0.483. The van der Waals surface area contributed by atoms with Crippen molar-refractivity contribution in [1.29, 1.82) is 0 Å². The first-order chi connectivity index (χ1) is 12.5. The Morgan fingerprint density at radius 3 is 2.69 bits per heavy atom. The van der Waals surface area contributed by atoms with Gasteiger partial charge in [0, 0.05) is 5.02 Å². The Morgan fingerprint density at radius 2 is 1.88 bits per heavy atom. The van der Waals surface area contributed by atoms with Crippen LogP contribution in [0.5, 0.6) is 11.6 Å². The number of rotatable bonds is 3. The van der Waals surface area contributed by atoms with Crippen LogP contribution in [0.25, 0.3) is 16.7 Å². The highest BCUT2D eigenvalue weighted by atomic mass is 35.5. The first-order valence-electron chi connectivity index (χ1n) is 8.23. The highest BCUT2D eigenvalue weighted by Crippen LogP contribution is 2.31. The van der Waals surface area contributed by atoms with E-state index in [0.29, 0.717) is 16.5 Å². The van der Waals surface area contributed by atoms with Crippen molar-refractivity contribution in [1.82, 2.24) is 19.7 Å². The molecule has 0 bridgehead atoms. The van der Waals surface area contributed by atoms with Gasteiger partial charge < -0.3 is 4.74 Å². The molecule has 4 aromatic rings. The summed E-state index contributed by atoms with van der Waals surface area (Å²) < 4.78 is 7.85. The molecule has 0 aliphatic carbocycles. The van der Waals surface area contributed by atoms with Gasteiger partial charge >= 0.3 is 0 Å². The number of fused-ring (bicyclic) bond motifs is 1. The van der Waals surface area contributed by atoms with Gasteiger partial charge in [-0.2, -0.15) is 5.10 Å². The van der Waals surface area contributed by atoms with E-state index >= 15 is 0 Å². The van der Waals surface area contributed by atoms with Gasteiger partial charge in [-0.3, -0.25) is 0 Å². The molecule has 0 saturated heterocycles. The van der Waals surface area contributed by atoms with Crippen LogP contribution in [0.4, 0.5) is 0 Å². The topological polar surface area (TPSA) is 52.8 Å². The number of halogens is 1. The van der Waals surface area contributed by atoms with Crippen molar-refractivity contribution in [3.05, 3.63) is 70.6 Å². The fourth-order valence-electron chi connectivity index (χ4n) is 2.91. The van der Waals surface area contributed by atoms with E-state index < -0.39 is 0 Å². The van der Waals surface area contributed by atoms with Crippen LogP contribution in [0.15, 0.2) is 48.9 Å². The van der Waals surface area contributed by atoms with Crippen LogP contribution in [0.1, 0.15) is 16.7 Å². The number of aromatic nitrogens is 4. The number of nitrogens with zero attached hydrogens (tertiary/aromatic N) is 4. The molecule has 0 unspecified atom stereocenters. The fourth-order valence-corrected chi connectivity index (χ4v) is 3.10. The third kappa shape index (κ3) is 2.91. The van der Waals surface area contributed by atoms with Gasteiger partial charge in [0.1, 0.15) is 17.5 Å². The Hall–Kier alpha value is -2.92. The van der Waals surface area contributed by atoms with E-state index in [9.17, 15) is 0 Å². The van der Waals surface area contributed by atoms with Gasteiger partial charge in [0.25, 0.3) is 0 Å². The molecule has 26 heavy (non-hydrogen) atoms. The molecule has 0 fully saturated rings. The van der Waals surface area contributed by atoms with E-state index in [4.69, 9.17) is 16.3 Å². The van der Waals surface area contributed by atoms with Crippen LogP contribution >= 0.6 is 11.6 Å². The molecule has 2 heterocycles. The summed E-state index contributed by atoms with van der Waals surface area (Å²) in [6.45, 7) is 6.16. The summed E-state index contributed by atoms with van der Waals surface area (Å²) in [7, 11) is 0. The number of hydrogen-bond acceptors (Lipinski definition) is 4. The lowest BCUT2D eigenvalue weighted by atomic mass is 10.1. The Balaban J connectivity index is 1.81. The van der Waals surface area contributed by atoms with Gasteiger partial charge in [-0.15, -0.1) is 0 Å². The second-order valence-electron chi connectivity index (χ2n) is 6.26. The predicted octanol–water partition coefficient (Wildman–Crippen LogP) is 5.19. The molecule has 0 N–H and O–H groups in total. The van der Waals surface area contributed by atoms with Crippen molar-refractivity contribution < 1.29 is 4.74 Å². The molecular weight excluding hydrogens is 348 g/mol. The van der Waals surface area contributed by atoms with Crippen molar-refractivity contribution in [2.24, 2.45) is 0 Å². The first kappa shape index (κ1) is 16.5. The largest absolute Gasteiger partial charge is 0.438 e. The smallest absolute Gasteiger partial charge is 0.233 e. The van der Waals surface area contributed by atoms with Crippen molar-refractivity contribution >= 4 is 22.6 Å². The monoisotopic (exact) mass is 364 g/mol. The average molecular weight is 365 g/mol. The molecule has 0 aliphatic heterocycles. The maximum absolute atomic E-state index is 6.13. The molecule has 6 heteroatoms. The Kier molecular flexibility index (Phi) is 4.09. The summed E-state index contributed by atoms with van der Waals surface area (Å²) in [6.07, 6.45) is 3.20. The normalized spacial score (nSPS) is 11.1. The lowest BCUT2D eigenvalue weighted by molar-refractivity contribution is 0.464. The van der Waals surface area contributed by atoms with Crippen LogP contribution < -0.4 is 4.74 Å². The summed E-state index contributed by atoms with van der Waals surface area (Å²) in [6, 6.07) is 11.6. The quantitative estimate of drug-likeness (QED) is 0.502. The van der Waals surface area contributed by atoms with Gasteiger partial charge in [-0.25, -0.2) is 14.6 Å². The van der Waals surface area contributed by atoms with Crippen molar-refractivity contribution in [2.45, 2.75) is 20.8 Å². The second-order valence-corrected chi connectivity index (χ2v) is 6.70. The van der Waals surface area contributed by atoms with Gasteiger partial charge in [0.05, 0.1) is 11.9 Å². The van der Waals surface area contributed by atoms with Gasteiger partial charge in [0.15, 0.2) is 5.65 Å². The molecule has 2 aromatic heterocycles. The number of ether oxygens (including phenoxy) is 1. The molecule has 4 rings (SSSR count). The summed E-state index contributed by atoms with van der Waals surface area (Å²) in [5.41, 5.74) is 4.91. The average Bonchev–Trinajstić information content (AvgIpc) is 3.04. The molecule has 0 radical (unpaired) electrons. The van der Waals surface area contributed by atoms with Crippen molar-refractivity contribution in [2.75, 3.05) is 0 Å². The maximum atomic E-state index is 6.13. The van der Waals surface area contributed by atoms with Crippen molar-refractivity contribution in [3.63, 3.8) is 0 Å². The SMILES string of the molecule is Cc1cc(C)c(C)c(Oc2ncnc3c2cnn3-c2cccc(Cl)c2)c1. The van der Waals surface area contributed by atoms with Crippen molar-refractivity contribution in [3.8, 4) is 17.3 Å². The zero-order valence-electron chi connectivity index (χ0n) is 14.7. The minimum absolute atomic E-state index is 0.483. The van der Waals surface area contributed by atoms with Crippen LogP contribution in [0.2, 0.25) is 5.02 Å². The third-order valence-electron chi connectivity index (χ3n) is 4.35. The zero-order valence-corrected chi connectivity index (χ0v) is 15.4. The molecule has 130 valence electrons. The molecule has 5 nitrogen and oxygen atoms in total. The third-order valence-corrected chi connectivity index (χ3v) is 4.59. The molecule has 0 atom stereocenters. The van der Waals surface area contributed by atoms with E-state index in [0.717, 1.165) is 28.0 Å².